The molecule has 3 unspecified atom stereocenters. The van der Waals surface area contributed by atoms with Gasteiger partial charge in [-0.3, -0.25) is 0 Å². The third kappa shape index (κ3) is 4.60. The molecule has 0 N–H and O–H groups in total. The third-order valence-electron chi connectivity index (χ3n) is 7.46. The summed E-state index contributed by atoms with van der Waals surface area (Å²) in [6.07, 6.45) is 5.32. The number of benzene rings is 3. The van der Waals surface area contributed by atoms with Gasteiger partial charge in [-0.2, -0.15) is 0 Å². The molecule has 0 bridgehead atoms. The second-order valence-electron chi connectivity index (χ2n) is 9.49. The fraction of sp³-hybridized carbons (Fsp3) is 0.379. The van der Waals surface area contributed by atoms with Crippen molar-refractivity contribution in [3.05, 3.63) is 82.9 Å². The van der Waals surface area contributed by atoms with E-state index in [0.29, 0.717) is 5.56 Å². The highest BCUT2D eigenvalue weighted by Gasteiger charge is 2.36. The van der Waals surface area contributed by atoms with Crippen molar-refractivity contribution in [3.8, 4) is 22.3 Å². The lowest BCUT2D eigenvalue weighted by Gasteiger charge is -2.36. The van der Waals surface area contributed by atoms with Crippen LogP contribution >= 0.6 is 0 Å². The van der Waals surface area contributed by atoms with E-state index in [9.17, 15) is 8.78 Å². The second kappa shape index (κ2) is 10.5. The molecule has 0 radical (unpaired) electrons. The van der Waals surface area contributed by atoms with Crippen LogP contribution < -0.4 is 0 Å². The molecule has 1 saturated carbocycles. The van der Waals surface area contributed by atoms with Crippen LogP contribution in [0.2, 0.25) is 0 Å². The molecule has 3 atom stereocenters. The van der Waals surface area contributed by atoms with Gasteiger partial charge in [0, 0.05) is 16.7 Å². The van der Waals surface area contributed by atoms with Crippen molar-refractivity contribution in [2.45, 2.75) is 58.3 Å². The number of hydrogen-bond donors (Lipinski definition) is 0. The van der Waals surface area contributed by atoms with E-state index in [1.165, 1.54) is 0 Å². The summed E-state index contributed by atoms with van der Waals surface area (Å²) in [4.78, 5) is 0. The zero-order valence-electron chi connectivity index (χ0n) is 19.8. The Morgan fingerprint density at radius 2 is 1.29 bits per heavy atom. The Morgan fingerprint density at radius 1 is 0.714 bits per heavy atom. The van der Waals surface area contributed by atoms with Gasteiger partial charge in [0.05, 0.1) is 5.56 Å². The topological polar surface area (TPSA) is 0 Å². The molecule has 6 heteroatoms. The molecule has 0 amide bonds. The van der Waals surface area contributed by atoms with Crippen LogP contribution in [0.1, 0.15) is 63.9 Å². The monoisotopic (exact) mass is 490 g/mol. The molecule has 1 aliphatic rings. The Labute approximate surface area is 202 Å². The summed E-state index contributed by atoms with van der Waals surface area (Å²) in [5, 5.41) is 0. The van der Waals surface area contributed by atoms with E-state index in [0.717, 1.165) is 50.7 Å². The van der Waals surface area contributed by atoms with E-state index in [4.69, 9.17) is 0 Å². The Kier molecular flexibility index (Phi) is 7.58. The lowest BCUT2D eigenvalue weighted by Crippen LogP contribution is -2.26. The molecule has 3 aromatic carbocycles. The molecule has 0 heterocycles. The van der Waals surface area contributed by atoms with Gasteiger partial charge in [-0.15, -0.1) is 0 Å². The summed E-state index contributed by atoms with van der Waals surface area (Å²) >= 11 is 0. The van der Waals surface area contributed by atoms with E-state index in [-0.39, 0.29) is 17.4 Å². The maximum absolute atomic E-state index is 15.3. The van der Waals surface area contributed by atoms with Crippen LogP contribution in [-0.2, 0) is 0 Å². The maximum atomic E-state index is 15.3. The Balaban J connectivity index is 1.80. The standard InChI is InChI=1S/C29H28F6/c1-3-9-17-12-7-8-13-19(17)16(2)22-26(32)28(34)23(29(35)27(22)33)21-15-14-20(24(30)25(21)31)18-10-5-4-6-11-18/h4-6,10-11,14-17,19H,3,7-9,12-13H2,1-2H3. The molecule has 0 saturated heterocycles. The van der Waals surface area contributed by atoms with Crippen LogP contribution in [0, 0.1) is 46.7 Å². The fourth-order valence-electron chi connectivity index (χ4n) is 5.71. The first kappa shape index (κ1) is 25.3. The minimum absolute atomic E-state index is 0.114. The summed E-state index contributed by atoms with van der Waals surface area (Å²) in [7, 11) is 0. The van der Waals surface area contributed by atoms with Crippen LogP contribution in [0.25, 0.3) is 22.3 Å². The molecular formula is C29H28F6. The van der Waals surface area contributed by atoms with Gasteiger partial charge in [0.1, 0.15) is 0 Å². The smallest absolute Gasteiger partial charge is 0.170 e. The summed E-state index contributed by atoms with van der Waals surface area (Å²) in [5.41, 5.74) is -2.53. The van der Waals surface area contributed by atoms with E-state index in [1.54, 1.807) is 37.3 Å². The zero-order valence-corrected chi connectivity index (χ0v) is 19.8. The van der Waals surface area contributed by atoms with Crippen LogP contribution in [-0.4, -0.2) is 0 Å². The van der Waals surface area contributed by atoms with Crippen molar-refractivity contribution in [2.24, 2.45) is 11.8 Å². The van der Waals surface area contributed by atoms with Gasteiger partial charge in [0.15, 0.2) is 34.9 Å². The second-order valence-corrected chi connectivity index (χ2v) is 9.49. The number of halogens is 6. The first-order valence-corrected chi connectivity index (χ1v) is 12.2. The van der Waals surface area contributed by atoms with Gasteiger partial charge in [0.25, 0.3) is 0 Å². The summed E-state index contributed by atoms with van der Waals surface area (Å²) < 4.78 is 90.9. The predicted octanol–water partition coefficient (Wildman–Crippen LogP) is 9.57. The van der Waals surface area contributed by atoms with E-state index >= 15 is 17.6 Å². The van der Waals surface area contributed by atoms with Crippen molar-refractivity contribution in [2.75, 3.05) is 0 Å². The van der Waals surface area contributed by atoms with Gasteiger partial charge >= 0.3 is 0 Å². The van der Waals surface area contributed by atoms with E-state index in [1.807, 2.05) is 6.92 Å². The van der Waals surface area contributed by atoms with E-state index < -0.39 is 57.5 Å². The van der Waals surface area contributed by atoms with Gasteiger partial charge in [-0.25, -0.2) is 26.3 Å². The minimum Gasteiger partial charge on any atom is -0.203 e. The SMILES string of the molecule is CCCC1CCCCC1C(C)c1c(F)c(F)c(-c2ccc(-c3ccccc3)c(F)c2F)c(F)c1F. The zero-order chi connectivity index (χ0) is 25.3. The lowest BCUT2D eigenvalue weighted by atomic mass is 9.69. The van der Waals surface area contributed by atoms with E-state index in [2.05, 4.69) is 0 Å². The maximum Gasteiger partial charge on any atom is 0.170 e. The van der Waals surface area contributed by atoms with Crippen molar-refractivity contribution in [1.82, 2.24) is 0 Å². The normalized spacial score (nSPS) is 19.1. The van der Waals surface area contributed by atoms with Gasteiger partial charge in [-0.05, 0) is 29.7 Å². The first-order chi connectivity index (χ1) is 16.8. The van der Waals surface area contributed by atoms with Crippen LogP contribution in [0.5, 0.6) is 0 Å². The van der Waals surface area contributed by atoms with Crippen molar-refractivity contribution in [1.29, 1.82) is 0 Å². The molecule has 1 fully saturated rings. The van der Waals surface area contributed by atoms with Crippen molar-refractivity contribution >= 4 is 0 Å². The van der Waals surface area contributed by atoms with Crippen molar-refractivity contribution < 1.29 is 26.3 Å². The minimum atomic E-state index is -1.71. The van der Waals surface area contributed by atoms with Crippen LogP contribution in [0.3, 0.4) is 0 Å². The van der Waals surface area contributed by atoms with Gasteiger partial charge in [-0.1, -0.05) is 88.4 Å². The highest BCUT2D eigenvalue weighted by Crippen LogP contribution is 2.45. The molecule has 0 spiro atoms. The van der Waals surface area contributed by atoms with Crippen LogP contribution in [0.4, 0.5) is 26.3 Å². The highest BCUT2D eigenvalue weighted by atomic mass is 19.2. The van der Waals surface area contributed by atoms with Crippen LogP contribution in [0.15, 0.2) is 42.5 Å². The Morgan fingerprint density at radius 3 is 1.91 bits per heavy atom. The molecular weight excluding hydrogens is 462 g/mol. The largest absolute Gasteiger partial charge is 0.203 e. The molecule has 35 heavy (non-hydrogen) atoms. The highest BCUT2D eigenvalue weighted by molar-refractivity contribution is 5.73. The number of rotatable bonds is 6. The van der Waals surface area contributed by atoms with Gasteiger partial charge < -0.3 is 0 Å². The molecule has 0 nitrogen and oxygen atoms in total. The Hall–Kier alpha value is -2.76. The molecule has 4 rings (SSSR count). The first-order valence-electron chi connectivity index (χ1n) is 12.2. The van der Waals surface area contributed by atoms with Crippen molar-refractivity contribution in [3.63, 3.8) is 0 Å². The average molecular weight is 491 g/mol. The molecule has 186 valence electrons. The summed E-state index contributed by atoms with van der Waals surface area (Å²) in [6, 6.07) is 10.1. The predicted molar refractivity (Wildman–Crippen MR) is 126 cm³/mol. The number of hydrogen-bond acceptors (Lipinski definition) is 0. The summed E-state index contributed by atoms with van der Waals surface area (Å²) in [6.45, 7) is 3.62. The molecule has 0 aromatic heterocycles. The summed E-state index contributed by atoms with van der Waals surface area (Å²) in [5.74, 6) is -10.1. The lowest BCUT2D eigenvalue weighted by molar-refractivity contribution is 0.189. The Bertz CT molecular complexity index is 1170. The van der Waals surface area contributed by atoms with Gasteiger partial charge in [0.2, 0.25) is 0 Å². The molecule has 0 aliphatic heterocycles. The fourth-order valence-corrected chi connectivity index (χ4v) is 5.71. The average Bonchev–Trinajstić information content (AvgIpc) is 2.86. The third-order valence-corrected chi connectivity index (χ3v) is 7.46. The molecule has 1 aliphatic carbocycles. The molecule has 3 aromatic rings. The quantitative estimate of drug-likeness (QED) is 0.238.